The Kier molecular flexibility index (Phi) is 5.06. The van der Waals surface area contributed by atoms with E-state index in [0.717, 1.165) is 31.7 Å². The van der Waals surface area contributed by atoms with E-state index in [1.807, 2.05) is 0 Å². The third-order valence-electron chi connectivity index (χ3n) is 3.23. The number of ether oxygens (including phenoxy) is 2. The Morgan fingerprint density at radius 3 is 3.00 bits per heavy atom. The minimum absolute atomic E-state index is 0.241. The second kappa shape index (κ2) is 7.00. The van der Waals surface area contributed by atoms with Crippen LogP contribution in [0.1, 0.15) is 19.3 Å². The molecule has 1 heterocycles. The topological polar surface area (TPSA) is 85.6 Å². The molecule has 0 bridgehead atoms. The van der Waals surface area contributed by atoms with Crippen molar-refractivity contribution in [3.8, 4) is 5.75 Å². The molecule has 0 spiro atoms. The number of nitrogen functional groups attached to an aromatic ring is 1. The summed E-state index contributed by atoms with van der Waals surface area (Å²) >= 11 is 0. The van der Waals surface area contributed by atoms with Gasteiger partial charge in [0.15, 0.2) is 0 Å². The smallest absolute Gasteiger partial charge is 0.410 e. The van der Waals surface area contributed by atoms with E-state index >= 15 is 0 Å². The first kappa shape index (κ1) is 14.5. The number of nitrogens with two attached hydrogens (primary N) is 1. The molecule has 1 unspecified atom stereocenters. The van der Waals surface area contributed by atoms with E-state index in [-0.39, 0.29) is 6.10 Å². The second-order valence-corrected chi connectivity index (χ2v) is 4.76. The molecule has 1 atom stereocenters. The lowest BCUT2D eigenvalue weighted by Crippen LogP contribution is -2.27. The average molecular weight is 279 g/mol. The maximum absolute atomic E-state index is 11.1. The number of carbonyl (C=O) groups excluding carboxylic acids is 1. The Hall–Kier alpha value is -1.95. The number of rotatable bonds is 4. The second-order valence-electron chi connectivity index (χ2n) is 4.76. The summed E-state index contributed by atoms with van der Waals surface area (Å²) in [5.74, 6) is 0.418. The Morgan fingerprint density at radius 1 is 1.50 bits per heavy atom. The van der Waals surface area contributed by atoms with Gasteiger partial charge in [0.2, 0.25) is 0 Å². The molecular formula is C14H21N3O3. The van der Waals surface area contributed by atoms with Crippen molar-refractivity contribution in [3.05, 3.63) is 18.2 Å². The van der Waals surface area contributed by atoms with Gasteiger partial charge >= 0.3 is 6.09 Å². The van der Waals surface area contributed by atoms with Gasteiger partial charge in [-0.15, -0.1) is 0 Å². The van der Waals surface area contributed by atoms with E-state index in [1.165, 1.54) is 13.5 Å². The van der Waals surface area contributed by atoms with Crippen LogP contribution < -0.4 is 21.1 Å². The summed E-state index contributed by atoms with van der Waals surface area (Å²) in [7, 11) is 1.51. The van der Waals surface area contributed by atoms with Gasteiger partial charge in [-0.05, 0) is 31.4 Å². The van der Waals surface area contributed by atoms with Crippen LogP contribution in [0.4, 0.5) is 16.2 Å². The largest absolute Gasteiger partial charge is 0.412 e. The molecule has 2 rings (SSSR count). The highest BCUT2D eigenvalue weighted by molar-refractivity contribution is 5.73. The van der Waals surface area contributed by atoms with Crippen molar-refractivity contribution in [3.63, 3.8) is 0 Å². The fraction of sp³-hybridized carbons (Fsp3) is 0.500. The Bertz CT molecular complexity index is 459. The summed E-state index contributed by atoms with van der Waals surface area (Å²) in [6.07, 6.45) is 3.15. The van der Waals surface area contributed by atoms with Gasteiger partial charge in [0.1, 0.15) is 5.75 Å². The van der Waals surface area contributed by atoms with Gasteiger partial charge in [-0.1, -0.05) is 0 Å². The van der Waals surface area contributed by atoms with Crippen molar-refractivity contribution in [1.29, 1.82) is 0 Å². The Balaban J connectivity index is 1.90. The zero-order valence-corrected chi connectivity index (χ0v) is 11.6. The number of carbonyl (C=O) groups is 1. The van der Waals surface area contributed by atoms with E-state index in [2.05, 4.69) is 10.6 Å². The predicted molar refractivity (Wildman–Crippen MR) is 78.0 cm³/mol. The van der Waals surface area contributed by atoms with Crippen LogP contribution >= 0.6 is 0 Å². The van der Waals surface area contributed by atoms with Gasteiger partial charge in [0.05, 0.1) is 17.5 Å². The van der Waals surface area contributed by atoms with Gasteiger partial charge in [-0.2, -0.15) is 0 Å². The summed E-state index contributed by atoms with van der Waals surface area (Å²) in [5, 5.41) is 5.65. The third-order valence-corrected chi connectivity index (χ3v) is 3.23. The highest BCUT2D eigenvalue weighted by Gasteiger charge is 2.14. The number of amides is 1. The van der Waals surface area contributed by atoms with Crippen molar-refractivity contribution in [1.82, 2.24) is 5.32 Å². The maximum Gasteiger partial charge on any atom is 0.412 e. The number of nitrogens with one attached hydrogen (secondary N) is 2. The van der Waals surface area contributed by atoms with Crippen LogP contribution in [-0.2, 0) is 4.74 Å². The number of anilines is 2. The first-order chi connectivity index (χ1) is 9.69. The van der Waals surface area contributed by atoms with Crippen molar-refractivity contribution < 1.29 is 14.3 Å². The van der Waals surface area contributed by atoms with Gasteiger partial charge in [-0.25, -0.2) is 4.79 Å². The fourth-order valence-electron chi connectivity index (χ4n) is 2.12. The number of hydrogen-bond acceptors (Lipinski definition) is 5. The molecule has 4 N–H and O–H groups in total. The molecule has 0 radical (unpaired) electrons. The summed E-state index contributed by atoms with van der Waals surface area (Å²) in [4.78, 5) is 11.1. The molecule has 20 heavy (non-hydrogen) atoms. The zero-order valence-electron chi connectivity index (χ0n) is 11.6. The van der Waals surface area contributed by atoms with Gasteiger partial charge in [0, 0.05) is 26.3 Å². The quantitative estimate of drug-likeness (QED) is 0.734. The highest BCUT2D eigenvalue weighted by Crippen LogP contribution is 2.25. The van der Waals surface area contributed by atoms with Gasteiger partial charge in [-0.3, -0.25) is 0 Å². The van der Waals surface area contributed by atoms with Crippen LogP contribution in [0.5, 0.6) is 5.75 Å². The molecule has 1 aliphatic rings. The first-order valence-electron chi connectivity index (χ1n) is 6.83. The van der Waals surface area contributed by atoms with E-state index in [0.29, 0.717) is 11.4 Å². The molecule has 1 aromatic carbocycles. The highest BCUT2D eigenvalue weighted by atomic mass is 16.5. The fourth-order valence-corrected chi connectivity index (χ4v) is 2.12. The summed E-state index contributed by atoms with van der Waals surface area (Å²) in [6.45, 7) is 1.57. The molecule has 1 amide bonds. The predicted octanol–water partition coefficient (Wildman–Crippen LogP) is 1.97. The third kappa shape index (κ3) is 4.03. The standard InChI is InChI=1S/C14H21N3O3/c1-16-14(18)20-10-5-6-13(12(15)8-10)17-9-11-4-2-3-7-19-11/h5-6,8,11,17H,2-4,7,9,15H2,1H3,(H,16,18). The molecular weight excluding hydrogens is 258 g/mol. The Labute approximate surface area is 118 Å². The Morgan fingerprint density at radius 2 is 2.35 bits per heavy atom. The molecule has 0 aromatic heterocycles. The maximum atomic E-state index is 11.1. The molecule has 6 nitrogen and oxygen atoms in total. The van der Waals surface area contributed by atoms with Gasteiger partial charge < -0.3 is 25.8 Å². The average Bonchev–Trinajstić information content (AvgIpc) is 2.47. The van der Waals surface area contributed by atoms with Crippen LogP contribution in [0, 0.1) is 0 Å². The number of benzene rings is 1. The molecule has 1 saturated heterocycles. The molecule has 110 valence electrons. The van der Waals surface area contributed by atoms with E-state index in [1.54, 1.807) is 18.2 Å². The van der Waals surface area contributed by atoms with Crippen molar-refractivity contribution in [2.24, 2.45) is 0 Å². The van der Waals surface area contributed by atoms with Crippen LogP contribution in [0.25, 0.3) is 0 Å². The van der Waals surface area contributed by atoms with Crippen LogP contribution in [0.2, 0.25) is 0 Å². The summed E-state index contributed by atoms with van der Waals surface area (Å²) in [5.41, 5.74) is 7.31. The van der Waals surface area contributed by atoms with Crippen molar-refractivity contribution >= 4 is 17.5 Å². The summed E-state index contributed by atoms with van der Waals surface area (Å²) in [6, 6.07) is 5.13. The molecule has 0 saturated carbocycles. The minimum atomic E-state index is -0.513. The molecule has 6 heteroatoms. The van der Waals surface area contributed by atoms with Crippen LogP contribution in [0.3, 0.4) is 0 Å². The lowest BCUT2D eigenvalue weighted by molar-refractivity contribution is 0.0248. The van der Waals surface area contributed by atoms with Crippen LogP contribution in [0.15, 0.2) is 18.2 Å². The van der Waals surface area contributed by atoms with E-state index < -0.39 is 6.09 Å². The van der Waals surface area contributed by atoms with E-state index in [9.17, 15) is 4.79 Å². The summed E-state index contributed by atoms with van der Waals surface area (Å²) < 4.78 is 10.7. The normalized spacial score (nSPS) is 18.4. The minimum Gasteiger partial charge on any atom is -0.410 e. The zero-order chi connectivity index (χ0) is 14.4. The monoisotopic (exact) mass is 279 g/mol. The molecule has 1 fully saturated rings. The van der Waals surface area contributed by atoms with Crippen molar-refractivity contribution in [2.45, 2.75) is 25.4 Å². The lowest BCUT2D eigenvalue weighted by Gasteiger charge is -2.23. The lowest BCUT2D eigenvalue weighted by atomic mass is 10.1. The number of hydrogen-bond donors (Lipinski definition) is 3. The molecule has 0 aliphatic carbocycles. The first-order valence-corrected chi connectivity index (χ1v) is 6.83. The molecule has 1 aliphatic heterocycles. The van der Waals surface area contributed by atoms with Gasteiger partial charge in [0.25, 0.3) is 0 Å². The van der Waals surface area contributed by atoms with E-state index in [4.69, 9.17) is 15.2 Å². The van der Waals surface area contributed by atoms with Crippen LogP contribution in [-0.4, -0.2) is 32.4 Å². The SMILES string of the molecule is CNC(=O)Oc1ccc(NCC2CCCCO2)c(N)c1. The molecule has 1 aromatic rings. The van der Waals surface area contributed by atoms with Crippen molar-refractivity contribution in [2.75, 3.05) is 31.2 Å².